The number of imidazole rings is 1. The van der Waals surface area contributed by atoms with Gasteiger partial charge in [0.15, 0.2) is 0 Å². The molecular formula is C60H42N4OPt-2. The van der Waals surface area contributed by atoms with E-state index in [-0.39, 0.29) is 44.1 Å². The molecule has 0 radical (unpaired) electrons. The van der Waals surface area contributed by atoms with E-state index in [4.69, 9.17) is 16.6 Å². The maximum atomic E-state index is 9.09. The zero-order chi connectivity index (χ0) is 48.0. The van der Waals surface area contributed by atoms with E-state index in [1.54, 1.807) is 16.8 Å². The van der Waals surface area contributed by atoms with Gasteiger partial charge in [0.2, 0.25) is 0 Å². The van der Waals surface area contributed by atoms with Crippen LogP contribution >= 0.6 is 0 Å². The van der Waals surface area contributed by atoms with Gasteiger partial charge in [-0.3, -0.25) is 4.57 Å². The van der Waals surface area contributed by atoms with Crippen LogP contribution in [0.15, 0.2) is 200 Å². The summed E-state index contributed by atoms with van der Waals surface area (Å²) < 4.78 is 56.1. The fraction of sp³-hybridized carbons (Fsp3) is 0.0667. The Morgan fingerprint density at radius 1 is 0.591 bits per heavy atom. The summed E-state index contributed by atoms with van der Waals surface area (Å²) in [4.78, 5) is 4.82. The second-order valence-electron chi connectivity index (χ2n) is 17.3. The van der Waals surface area contributed by atoms with Gasteiger partial charge in [-0.15, -0.1) is 29.7 Å². The van der Waals surface area contributed by atoms with Crippen LogP contribution in [0.4, 0.5) is 0 Å². The number of nitrogens with zero attached hydrogens (tertiary/aromatic N) is 4. The topological polar surface area (TPSA) is 35.9 Å². The van der Waals surface area contributed by atoms with Crippen LogP contribution < -0.4 is 9.30 Å². The number of rotatable bonds is 6. The van der Waals surface area contributed by atoms with E-state index >= 15 is 0 Å². The molecule has 3 heterocycles. The fourth-order valence-corrected chi connectivity index (χ4v) is 9.16. The average Bonchev–Trinajstić information content (AvgIpc) is 3.97. The van der Waals surface area contributed by atoms with Crippen molar-refractivity contribution < 1.29 is 37.2 Å². The molecule has 0 spiro atoms. The minimum atomic E-state index is -0.470. The summed E-state index contributed by atoms with van der Waals surface area (Å²) in [5.41, 5.74) is 13.2. The van der Waals surface area contributed by atoms with Crippen molar-refractivity contribution in [1.82, 2.24) is 14.1 Å². The summed E-state index contributed by atoms with van der Waals surface area (Å²) in [6, 6.07) is 58.5. The summed E-state index contributed by atoms with van der Waals surface area (Å²) in [5.74, 6) is 1.61. The molecule has 0 fully saturated rings. The van der Waals surface area contributed by atoms with Crippen LogP contribution in [0.2, 0.25) is 0 Å². The van der Waals surface area contributed by atoms with E-state index in [9.17, 15) is 0 Å². The first-order valence-electron chi connectivity index (χ1n) is 24.1. The summed E-state index contributed by atoms with van der Waals surface area (Å²) >= 11 is 0. The maximum absolute atomic E-state index is 9.09. The van der Waals surface area contributed by atoms with Crippen LogP contribution in [0, 0.1) is 18.5 Å². The van der Waals surface area contributed by atoms with Crippen LogP contribution in [0.3, 0.4) is 0 Å². The van der Waals surface area contributed by atoms with Crippen LogP contribution in [0.5, 0.6) is 11.5 Å². The standard InChI is InChI=1S/C60H42N4O.Pt/c1-60(2,3)41-32-33-61-59(34-41)64-56-27-14-13-26-53(56)54-31-29-45(37-57(54)64)65-44-19-15-18-43(35-44)63-39-62(38-58(63)40-16-5-4-6-17-40)42-28-30-52-50-24-10-9-22-48(50)46-20-7-8-21-47(46)49-23-11-12-25-51(49)55(52)36-42;/h4-34,36,38H,1-3H3;/q-2;/i4D,5D,6D,16D,17D;. The van der Waals surface area contributed by atoms with Gasteiger partial charge in [-0.25, -0.2) is 4.98 Å². The predicted molar refractivity (Wildman–Crippen MR) is 262 cm³/mol. The third-order valence-corrected chi connectivity index (χ3v) is 12.3. The fourth-order valence-electron chi connectivity index (χ4n) is 9.16. The molecule has 0 aliphatic heterocycles. The zero-order valence-corrected chi connectivity index (χ0v) is 38.5. The van der Waals surface area contributed by atoms with Crippen LogP contribution in [0.1, 0.15) is 33.2 Å². The first kappa shape index (κ1) is 35.7. The molecule has 6 heteroatoms. The number of pyridine rings is 1. The number of para-hydroxylation sites is 1. The van der Waals surface area contributed by atoms with Gasteiger partial charge in [0.1, 0.15) is 5.82 Å². The second-order valence-corrected chi connectivity index (χ2v) is 17.3. The zero-order valence-electron chi connectivity index (χ0n) is 41.2. The van der Waals surface area contributed by atoms with E-state index in [2.05, 4.69) is 153 Å². The van der Waals surface area contributed by atoms with Gasteiger partial charge in [0.05, 0.1) is 18.2 Å². The Morgan fingerprint density at radius 3 is 1.89 bits per heavy atom. The maximum Gasteiger partial charge on any atom is 0.267 e. The normalized spacial score (nSPS) is 12.8. The minimum Gasteiger partial charge on any atom is -0.510 e. The Hall–Kier alpha value is -7.59. The number of hydrogen-bond acceptors (Lipinski definition) is 2. The first-order valence-corrected chi connectivity index (χ1v) is 21.6. The van der Waals surface area contributed by atoms with E-state index in [1.807, 2.05) is 53.2 Å². The predicted octanol–water partition coefficient (Wildman–Crippen LogP) is 14.4. The molecular weight excluding hydrogens is 988 g/mol. The first-order chi connectivity index (χ1) is 33.9. The molecule has 0 amide bonds. The van der Waals surface area contributed by atoms with Crippen LogP contribution in [-0.2, 0) is 26.5 Å². The number of benzene rings is 8. The van der Waals surface area contributed by atoms with Gasteiger partial charge >= 0.3 is 0 Å². The smallest absolute Gasteiger partial charge is 0.267 e. The molecule has 66 heavy (non-hydrogen) atoms. The summed E-state index contributed by atoms with van der Waals surface area (Å²) in [5, 5.41) is 2.07. The summed E-state index contributed by atoms with van der Waals surface area (Å²) in [6.07, 6.45) is 7.09. The van der Waals surface area contributed by atoms with Crippen LogP contribution in [0.25, 0.3) is 94.8 Å². The molecule has 0 bridgehead atoms. The van der Waals surface area contributed by atoms with Crippen molar-refractivity contribution in [2.75, 3.05) is 0 Å². The van der Waals surface area contributed by atoms with Gasteiger partial charge in [-0.2, -0.15) is 18.2 Å². The SMILES string of the molecule is [2H]c1c([2H])c([2H])c(-c2c[n+](-c3ccc4c(c3)-c3ccccc3-c3ccccc3-c3ccccc3-4)[c-]n2-c2[c-]c(Oc3[c-]c4c(cc3)c3ccccc3n4-c3cc(C(C)(C)C)ccn3)ccc2)c([2H])c1[2H].[Pt]. The van der Waals surface area contributed by atoms with Gasteiger partial charge in [-0.05, 0) is 102 Å². The minimum absolute atomic E-state index is 0. The van der Waals surface area contributed by atoms with Crippen LogP contribution in [-0.4, -0.2) is 14.1 Å². The molecule has 320 valence electrons. The third kappa shape index (κ3) is 7.08. The van der Waals surface area contributed by atoms with Crippen molar-refractivity contribution in [2.45, 2.75) is 26.2 Å². The van der Waals surface area contributed by atoms with Crippen molar-refractivity contribution in [3.05, 3.63) is 224 Å². The number of fused-ring (bicyclic) bond motifs is 11. The molecule has 1 aliphatic rings. The van der Waals surface area contributed by atoms with Crippen molar-refractivity contribution in [1.29, 1.82) is 0 Å². The summed E-state index contributed by atoms with van der Waals surface area (Å²) in [7, 11) is 0. The van der Waals surface area contributed by atoms with Gasteiger partial charge in [-0.1, -0.05) is 154 Å². The molecule has 3 aromatic heterocycles. The Labute approximate surface area is 406 Å². The third-order valence-electron chi connectivity index (χ3n) is 12.3. The molecule has 5 nitrogen and oxygen atoms in total. The second kappa shape index (κ2) is 16.4. The van der Waals surface area contributed by atoms with Crippen molar-refractivity contribution in [3.8, 4) is 84.5 Å². The van der Waals surface area contributed by atoms with Gasteiger partial charge < -0.3 is 13.9 Å². The summed E-state index contributed by atoms with van der Waals surface area (Å²) in [6.45, 7) is 6.56. The van der Waals surface area contributed by atoms with Crippen molar-refractivity contribution in [3.63, 3.8) is 0 Å². The molecule has 0 unspecified atom stereocenters. The van der Waals surface area contributed by atoms with E-state index in [1.165, 1.54) is 0 Å². The Balaban J connectivity index is 0.00000547. The van der Waals surface area contributed by atoms with Crippen molar-refractivity contribution in [2.24, 2.45) is 0 Å². The molecule has 12 rings (SSSR count). The number of aromatic nitrogens is 4. The molecule has 0 atom stereocenters. The molecule has 8 aromatic carbocycles. The quantitative estimate of drug-likeness (QED) is 0.123. The largest absolute Gasteiger partial charge is 0.510 e. The molecule has 11 aromatic rings. The van der Waals surface area contributed by atoms with Crippen molar-refractivity contribution >= 4 is 21.8 Å². The monoisotopic (exact) mass is 1030 g/mol. The van der Waals surface area contributed by atoms with Gasteiger partial charge in [0.25, 0.3) is 6.33 Å². The Morgan fingerprint density at radius 2 is 1.21 bits per heavy atom. The van der Waals surface area contributed by atoms with Gasteiger partial charge in [0, 0.05) is 50.5 Å². The number of ether oxygens (including phenoxy) is 1. The molecule has 0 saturated heterocycles. The van der Waals surface area contributed by atoms with E-state index < -0.39 is 18.1 Å². The Kier molecular flexibility index (Phi) is 8.90. The number of hydrogen-bond donors (Lipinski definition) is 0. The Bertz CT molecular complexity index is 3910. The molecule has 0 saturated carbocycles. The molecule has 1 aliphatic carbocycles. The van der Waals surface area contributed by atoms with E-state index in [0.29, 0.717) is 22.9 Å². The average molecular weight is 1040 g/mol. The molecule has 0 N–H and O–H groups in total. The van der Waals surface area contributed by atoms with E-state index in [0.717, 1.165) is 83.4 Å².